The van der Waals surface area contributed by atoms with E-state index in [2.05, 4.69) is 9.97 Å². The van der Waals surface area contributed by atoms with Crippen LogP contribution >= 0.6 is 12.2 Å². The zero-order chi connectivity index (χ0) is 16.6. The molecule has 2 heterocycles. The van der Waals surface area contributed by atoms with E-state index in [1.165, 1.54) is 29.8 Å². The minimum absolute atomic E-state index is 0.126. The van der Waals surface area contributed by atoms with Crippen LogP contribution in [-0.2, 0) is 10.0 Å². The van der Waals surface area contributed by atoms with Crippen molar-refractivity contribution in [1.29, 1.82) is 0 Å². The van der Waals surface area contributed by atoms with E-state index in [4.69, 9.17) is 18.0 Å². The molecule has 2 aromatic heterocycles. The zero-order valence-electron chi connectivity index (χ0n) is 12.2. The van der Waals surface area contributed by atoms with Crippen molar-refractivity contribution in [1.82, 2.24) is 9.97 Å². The van der Waals surface area contributed by atoms with Gasteiger partial charge < -0.3 is 10.7 Å². The first kappa shape index (κ1) is 15.4. The summed E-state index contributed by atoms with van der Waals surface area (Å²) in [4.78, 5) is 7.30. The van der Waals surface area contributed by atoms with Crippen LogP contribution in [0.4, 0.5) is 5.69 Å². The molecule has 0 spiro atoms. The molecule has 3 rings (SSSR count). The average Bonchev–Trinajstić information content (AvgIpc) is 2.99. The van der Waals surface area contributed by atoms with Crippen molar-refractivity contribution in [2.24, 2.45) is 5.73 Å². The van der Waals surface area contributed by atoms with Crippen LogP contribution < -0.4 is 10.0 Å². The molecule has 0 fully saturated rings. The highest BCUT2D eigenvalue weighted by Gasteiger charge is 2.23. The van der Waals surface area contributed by atoms with E-state index in [9.17, 15) is 8.42 Å². The Balaban J connectivity index is 2.15. The first-order chi connectivity index (χ1) is 10.9. The molecular weight excluding hydrogens is 332 g/mol. The third-order valence-electron chi connectivity index (χ3n) is 3.53. The summed E-state index contributed by atoms with van der Waals surface area (Å²) in [5.41, 5.74) is 7.40. The fourth-order valence-electron chi connectivity index (χ4n) is 2.32. The molecule has 3 aromatic rings. The van der Waals surface area contributed by atoms with Gasteiger partial charge in [-0.15, -0.1) is 0 Å². The lowest BCUT2D eigenvalue weighted by Gasteiger charge is -2.20. The highest BCUT2D eigenvalue weighted by Crippen LogP contribution is 2.29. The van der Waals surface area contributed by atoms with Crippen LogP contribution in [0, 0.1) is 0 Å². The molecule has 3 N–H and O–H groups in total. The fourth-order valence-corrected chi connectivity index (χ4v) is 3.60. The summed E-state index contributed by atoms with van der Waals surface area (Å²) in [6.07, 6.45) is 2.85. The number of thiocarbonyl (C=S) groups is 1. The Morgan fingerprint density at radius 2 is 2.09 bits per heavy atom. The SMILES string of the molecule is CN(c1cccc2cc(C(N)=S)[nH]c12)S(=O)(=O)c1cccnc1. The second-order valence-electron chi connectivity index (χ2n) is 4.95. The van der Waals surface area contributed by atoms with E-state index < -0.39 is 10.0 Å². The Hall–Kier alpha value is -2.45. The summed E-state index contributed by atoms with van der Waals surface area (Å²) >= 11 is 4.97. The number of aromatic nitrogens is 2. The highest BCUT2D eigenvalue weighted by atomic mass is 32.2. The first-order valence-corrected chi connectivity index (χ1v) is 8.56. The fraction of sp³-hybridized carbons (Fsp3) is 0.0667. The van der Waals surface area contributed by atoms with Gasteiger partial charge in [0.25, 0.3) is 10.0 Å². The van der Waals surface area contributed by atoms with E-state index in [-0.39, 0.29) is 9.88 Å². The zero-order valence-corrected chi connectivity index (χ0v) is 13.9. The molecule has 6 nitrogen and oxygen atoms in total. The molecule has 0 aliphatic carbocycles. The van der Waals surface area contributed by atoms with Gasteiger partial charge in [0.2, 0.25) is 0 Å². The topological polar surface area (TPSA) is 92.1 Å². The molecular formula is C15H14N4O2S2. The van der Waals surface area contributed by atoms with Crippen LogP contribution in [0.3, 0.4) is 0 Å². The lowest BCUT2D eigenvalue weighted by molar-refractivity contribution is 0.594. The monoisotopic (exact) mass is 346 g/mol. The number of nitrogens with two attached hydrogens (primary N) is 1. The van der Waals surface area contributed by atoms with Gasteiger partial charge in [-0.1, -0.05) is 24.4 Å². The third kappa shape index (κ3) is 2.66. The van der Waals surface area contributed by atoms with Gasteiger partial charge in [0, 0.05) is 24.8 Å². The van der Waals surface area contributed by atoms with Crippen molar-refractivity contribution < 1.29 is 8.42 Å². The van der Waals surface area contributed by atoms with E-state index in [0.717, 1.165) is 5.39 Å². The number of anilines is 1. The van der Waals surface area contributed by atoms with Crippen LogP contribution in [0.1, 0.15) is 5.69 Å². The molecule has 0 atom stereocenters. The Labute approximate surface area is 139 Å². The number of nitrogens with one attached hydrogen (secondary N) is 1. The molecule has 0 unspecified atom stereocenters. The summed E-state index contributed by atoms with van der Waals surface area (Å²) in [6, 6.07) is 10.3. The number of para-hydroxylation sites is 1. The van der Waals surface area contributed by atoms with Crippen LogP contribution in [-0.4, -0.2) is 30.4 Å². The van der Waals surface area contributed by atoms with Gasteiger partial charge in [-0.25, -0.2) is 8.42 Å². The number of sulfonamides is 1. The Morgan fingerprint density at radius 3 is 2.74 bits per heavy atom. The second kappa shape index (κ2) is 5.64. The standard InChI is InChI=1S/C15H14N4O2S2/c1-19(23(20,21)11-5-3-7-17-9-11)13-6-2-4-10-8-12(15(16)22)18-14(10)13/h2-9,18H,1H3,(H2,16,22). The maximum Gasteiger partial charge on any atom is 0.265 e. The van der Waals surface area contributed by atoms with Crippen molar-refractivity contribution in [2.45, 2.75) is 4.90 Å². The maximum atomic E-state index is 12.7. The largest absolute Gasteiger partial charge is 0.388 e. The molecule has 0 amide bonds. The molecule has 0 saturated heterocycles. The third-order valence-corrected chi connectivity index (χ3v) is 5.51. The normalized spacial score (nSPS) is 11.5. The van der Waals surface area contributed by atoms with Crippen molar-refractivity contribution in [3.8, 4) is 0 Å². The number of pyridine rings is 1. The van der Waals surface area contributed by atoms with Crippen molar-refractivity contribution in [2.75, 3.05) is 11.4 Å². The van der Waals surface area contributed by atoms with E-state index >= 15 is 0 Å². The minimum atomic E-state index is -3.71. The predicted octanol–water partition coefficient (Wildman–Crippen LogP) is 2.02. The highest BCUT2D eigenvalue weighted by molar-refractivity contribution is 7.92. The van der Waals surface area contributed by atoms with Crippen LogP contribution in [0.5, 0.6) is 0 Å². The summed E-state index contributed by atoms with van der Waals surface area (Å²) in [5, 5.41) is 0.832. The smallest absolute Gasteiger partial charge is 0.265 e. The molecule has 118 valence electrons. The Kier molecular flexibility index (Phi) is 3.78. The van der Waals surface area contributed by atoms with Crippen LogP contribution in [0.2, 0.25) is 0 Å². The molecule has 23 heavy (non-hydrogen) atoms. The summed E-state index contributed by atoms with van der Waals surface area (Å²) in [6.45, 7) is 0. The van der Waals surface area contributed by atoms with Crippen molar-refractivity contribution >= 4 is 43.8 Å². The second-order valence-corrected chi connectivity index (χ2v) is 7.36. The number of H-pyrrole nitrogens is 1. The lowest BCUT2D eigenvalue weighted by Crippen LogP contribution is -2.26. The molecule has 0 saturated carbocycles. The molecule has 0 aliphatic heterocycles. The van der Waals surface area contributed by atoms with Crippen LogP contribution in [0.15, 0.2) is 53.7 Å². The van der Waals surface area contributed by atoms with Gasteiger partial charge in [-0.3, -0.25) is 9.29 Å². The average molecular weight is 346 g/mol. The summed E-state index contributed by atoms with van der Waals surface area (Å²) < 4.78 is 26.7. The van der Waals surface area contributed by atoms with Gasteiger partial charge in [-0.2, -0.15) is 0 Å². The molecule has 0 aliphatic rings. The Morgan fingerprint density at radius 1 is 1.30 bits per heavy atom. The van der Waals surface area contributed by atoms with Crippen molar-refractivity contribution in [3.63, 3.8) is 0 Å². The van der Waals surface area contributed by atoms with Gasteiger partial charge in [0.05, 0.1) is 16.9 Å². The molecule has 8 heteroatoms. The van der Waals surface area contributed by atoms with Gasteiger partial charge in [-0.05, 0) is 24.3 Å². The quantitative estimate of drug-likeness (QED) is 0.705. The number of hydrogen-bond acceptors (Lipinski definition) is 4. The number of aromatic amines is 1. The van der Waals surface area contributed by atoms with E-state index in [1.807, 2.05) is 6.07 Å². The number of fused-ring (bicyclic) bond motifs is 1. The molecule has 1 aromatic carbocycles. The van der Waals surface area contributed by atoms with E-state index in [1.54, 1.807) is 24.3 Å². The van der Waals surface area contributed by atoms with Gasteiger partial charge >= 0.3 is 0 Å². The van der Waals surface area contributed by atoms with E-state index in [0.29, 0.717) is 16.9 Å². The Bertz CT molecular complexity index is 981. The van der Waals surface area contributed by atoms with Gasteiger partial charge in [0.1, 0.15) is 9.88 Å². The molecule has 0 radical (unpaired) electrons. The van der Waals surface area contributed by atoms with Crippen LogP contribution in [0.25, 0.3) is 10.9 Å². The predicted molar refractivity (Wildman–Crippen MR) is 94.0 cm³/mol. The first-order valence-electron chi connectivity index (χ1n) is 6.72. The van der Waals surface area contributed by atoms with Gasteiger partial charge in [0.15, 0.2) is 0 Å². The lowest BCUT2D eigenvalue weighted by atomic mass is 10.2. The maximum absolute atomic E-state index is 12.7. The minimum Gasteiger partial charge on any atom is -0.388 e. The summed E-state index contributed by atoms with van der Waals surface area (Å²) in [7, 11) is -2.21. The number of rotatable bonds is 4. The number of hydrogen-bond donors (Lipinski definition) is 2. The number of benzene rings is 1. The van der Waals surface area contributed by atoms with Crippen molar-refractivity contribution in [3.05, 3.63) is 54.5 Å². The number of nitrogens with zero attached hydrogens (tertiary/aromatic N) is 2. The summed E-state index contributed by atoms with van der Waals surface area (Å²) in [5.74, 6) is 0. The molecule has 0 bridgehead atoms.